The highest BCUT2D eigenvalue weighted by atomic mass is 15.1. The molecule has 2 N–H and O–H groups in total. The quantitative estimate of drug-likeness (QED) is 0.623. The highest BCUT2D eigenvalue weighted by molar-refractivity contribution is 5.61. The Kier molecular flexibility index (Phi) is 6.14. The second kappa shape index (κ2) is 8.94. The Labute approximate surface area is 154 Å². The Morgan fingerprint density at radius 3 is 2.38 bits per heavy atom. The summed E-state index contributed by atoms with van der Waals surface area (Å²) in [5.41, 5.74) is 2.12. The predicted octanol–water partition coefficient (Wildman–Crippen LogP) is 4.61. The molecule has 0 bridgehead atoms. The third kappa shape index (κ3) is 5.28. The molecule has 0 fully saturated rings. The highest BCUT2D eigenvalue weighted by Gasteiger charge is 2.07. The molecular formula is C21H25N5. The van der Waals surface area contributed by atoms with E-state index in [1.165, 1.54) is 0 Å². The zero-order valence-electron chi connectivity index (χ0n) is 15.3. The van der Waals surface area contributed by atoms with Crippen LogP contribution in [0.2, 0.25) is 0 Å². The third-order valence-electron chi connectivity index (χ3n) is 3.98. The summed E-state index contributed by atoms with van der Waals surface area (Å²) in [5, 5.41) is 6.80. The first-order chi connectivity index (χ1) is 12.7. The smallest absolute Gasteiger partial charge is 0.163 e. The van der Waals surface area contributed by atoms with Crippen molar-refractivity contribution in [1.82, 2.24) is 15.0 Å². The van der Waals surface area contributed by atoms with E-state index in [-0.39, 0.29) is 0 Å². The molecule has 0 aliphatic heterocycles. The fourth-order valence-electron chi connectivity index (χ4n) is 2.53. The van der Waals surface area contributed by atoms with Gasteiger partial charge in [0.2, 0.25) is 0 Å². The molecule has 2 heterocycles. The number of benzene rings is 1. The molecule has 3 rings (SSSR count). The van der Waals surface area contributed by atoms with E-state index in [0.29, 0.717) is 18.3 Å². The summed E-state index contributed by atoms with van der Waals surface area (Å²) < 4.78 is 0. The second-order valence-electron chi connectivity index (χ2n) is 6.65. The maximum atomic E-state index is 4.68. The predicted molar refractivity (Wildman–Crippen MR) is 107 cm³/mol. The van der Waals surface area contributed by atoms with E-state index in [4.69, 9.17) is 0 Å². The number of anilines is 2. The van der Waals surface area contributed by atoms with E-state index < -0.39 is 0 Å². The molecule has 5 nitrogen and oxygen atoms in total. The molecule has 0 radical (unpaired) electrons. The molecule has 3 aromatic rings. The number of nitrogens with one attached hydrogen (secondary N) is 2. The number of pyridine rings is 1. The minimum atomic E-state index is 0.654. The molecule has 26 heavy (non-hydrogen) atoms. The lowest BCUT2D eigenvalue weighted by Crippen LogP contribution is -2.09. The Morgan fingerprint density at radius 2 is 1.69 bits per heavy atom. The molecular weight excluding hydrogens is 322 g/mol. The average Bonchev–Trinajstić information content (AvgIpc) is 2.67. The Hall–Kier alpha value is -2.95. The molecule has 0 saturated heterocycles. The number of aromatic nitrogens is 3. The molecule has 5 heteroatoms. The van der Waals surface area contributed by atoms with Crippen molar-refractivity contribution in [2.24, 2.45) is 5.92 Å². The molecule has 0 aliphatic rings. The maximum Gasteiger partial charge on any atom is 0.163 e. The molecule has 134 valence electrons. The van der Waals surface area contributed by atoms with E-state index in [9.17, 15) is 0 Å². The highest BCUT2D eigenvalue weighted by Crippen LogP contribution is 2.20. The lowest BCUT2D eigenvalue weighted by molar-refractivity contribution is 0.606. The van der Waals surface area contributed by atoms with E-state index in [0.717, 1.165) is 35.7 Å². The molecule has 0 spiro atoms. The van der Waals surface area contributed by atoms with Crippen LogP contribution in [0.5, 0.6) is 0 Å². The van der Waals surface area contributed by atoms with Gasteiger partial charge in [0.15, 0.2) is 5.82 Å². The number of hydrogen-bond donors (Lipinski definition) is 2. The van der Waals surface area contributed by atoms with Crippen LogP contribution < -0.4 is 10.6 Å². The fraction of sp³-hybridized carbons (Fsp3) is 0.286. The van der Waals surface area contributed by atoms with Crippen LogP contribution in [0.3, 0.4) is 0 Å². The Balaban J connectivity index is 1.80. The lowest BCUT2D eigenvalue weighted by atomic mass is 10.1. The lowest BCUT2D eigenvalue weighted by Gasteiger charge is -2.12. The van der Waals surface area contributed by atoms with Crippen molar-refractivity contribution in [3.05, 3.63) is 66.5 Å². The molecule has 0 aliphatic carbocycles. The van der Waals surface area contributed by atoms with Gasteiger partial charge in [0.05, 0.1) is 0 Å². The third-order valence-corrected chi connectivity index (χ3v) is 3.98. The zero-order valence-corrected chi connectivity index (χ0v) is 15.3. The van der Waals surface area contributed by atoms with Gasteiger partial charge in [-0.1, -0.05) is 50.2 Å². The summed E-state index contributed by atoms with van der Waals surface area (Å²) in [6.07, 6.45) is 4.73. The van der Waals surface area contributed by atoms with Crippen LogP contribution >= 0.6 is 0 Å². The summed E-state index contributed by atoms with van der Waals surface area (Å²) in [7, 11) is 0. The van der Waals surface area contributed by atoms with Crippen molar-refractivity contribution in [3.8, 4) is 11.4 Å². The Morgan fingerprint density at radius 1 is 0.923 bits per heavy atom. The second-order valence-corrected chi connectivity index (χ2v) is 6.65. The van der Waals surface area contributed by atoms with Crippen LogP contribution in [0, 0.1) is 5.92 Å². The van der Waals surface area contributed by atoms with Crippen LogP contribution in [0.4, 0.5) is 11.6 Å². The molecule has 0 unspecified atom stereocenters. The van der Waals surface area contributed by atoms with Gasteiger partial charge in [-0.2, -0.15) is 0 Å². The standard InChI is InChI=1S/C21H25N5/c1-16(2)10-12-23-19-13-20(24-15-17-7-6-11-22-14-17)26-21(25-19)18-8-4-3-5-9-18/h3-9,11,13-14,16H,10,12,15H2,1-2H3,(H2,23,24,25,26). The van der Waals surface area contributed by atoms with Gasteiger partial charge in [-0.05, 0) is 24.0 Å². The fourth-order valence-corrected chi connectivity index (χ4v) is 2.53. The van der Waals surface area contributed by atoms with Gasteiger partial charge in [0.1, 0.15) is 11.6 Å². The SMILES string of the molecule is CC(C)CCNc1cc(NCc2cccnc2)nc(-c2ccccc2)n1. The topological polar surface area (TPSA) is 62.7 Å². The van der Waals surface area contributed by atoms with Gasteiger partial charge in [0, 0.05) is 37.1 Å². The monoisotopic (exact) mass is 347 g/mol. The van der Waals surface area contributed by atoms with Crippen LogP contribution in [0.1, 0.15) is 25.8 Å². The molecule has 0 amide bonds. The molecule has 1 aromatic carbocycles. The van der Waals surface area contributed by atoms with Crippen LogP contribution in [-0.4, -0.2) is 21.5 Å². The minimum Gasteiger partial charge on any atom is -0.370 e. The largest absolute Gasteiger partial charge is 0.370 e. The maximum absolute atomic E-state index is 4.68. The first-order valence-electron chi connectivity index (χ1n) is 9.02. The first kappa shape index (κ1) is 17.9. The van der Waals surface area contributed by atoms with Crippen LogP contribution in [-0.2, 0) is 6.54 Å². The normalized spacial score (nSPS) is 10.7. The van der Waals surface area contributed by atoms with Gasteiger partial charge in [0.25, 0.3) is 0 Å². The van der Waals surface area contributed by atoms with Crippen molar-refractivity contribution in [2.75, 3.05) is 17.2 Å². The average molecular weight is 347 g/mol. The van der Waals surface area contributed by atoms with Crippen molar-refractivity contribution in [3.63, 3.8) is 0 Å². The summed E-state index contributed by atoms with van der Waals surface area (Å²) >= 11 is 0. The number of hydrogen-bond acceptors (Lipinski definition) is 5. The summed E-state index contributed by atoms with van der Waals surface area (Å²) in [5.74, 6) is 3.01. The van der Waals surface area contributed by atoms with Crippen molar-refractivity contribution in [2.45, 2.75) is 26.8 Å². The minimum absolute atomic E-state index is 0.654. The van der Waals surface area contributed by atoms with E-state index in [1.54, 1.807) is 6.20 Å². The first-order valence-corrected chi connectivity index (χ1v) is 9.02. The zero-order chi connectivity index (χ0) is 18.2. The van der Waals surface area contributed by atoms with Crippen LogP contribution in [0.15, 0.2) is 60.9 Å². The van der Waals surface area contributed by atoms with Crippen LogP contribution in [0.25, 0.3) is 11.4 Å². The van der Waals surface area contributed by atoms with Crippen molar-refractivity contribution < 1.29 is 0 Å². The van der Waals surface area contributed by atoms with Gasteiger partial charge in [-0.15, -0.1) is 0 Å². The molecule has 0 atom stereocenters. The molecule has 2 aromatic heterocycles. The number of rotatable bonds is 8. The van der Waals surface area contributed by atoms with Gasteiger partial charge < -0.3 is 10.6 Å². The van der Waals surface area contributed by atoms with E-state index >= 15 is 0 Å². The van der Waals surface area contributed by atoms with Gasteiger partial charge in [-0.3, -0.25) is 4.98 Å². The summed E-state index contributed by atoms with van der Waals surface area (Å²) in [6, 6.07) is 16.0. The number of nitrogens with zero attached hydrogens (tertiary/aromatic N) is 3. The van der Waals surface area contributed by atoms with E-state index in [2.05, 4.69) is 39.4 Å². The van der Waals surface area contributed by atoms with Crippen molar-refractivity contribution in [1.29, 1.82) is 0 Å². The molecule has 0 saturated carbocycles. The summed E-state index contributed by atoms with van der Waals surface area (Å²) in [6.45, 7) is 6.01. The van der Waals surface area contributed by atoms with E-state index in [1.807, 2.05) is 54.7 Å². The van der Waals surface area contributed by atoms with Crippen molar-refractivity contribution >= 4 is 11.6 Å². The van der Waals surface area contributed by atoms with Gasteiger partial charge in [-0.25, -0.2) is 9.97 Å². The summed E-state index contributed by atoms with van der Waals surface area (Å²) in [4.78, 5) is 13.5. The Bertz CT molecular complexity index is 803. The van der Waals surface area contributed by atoms with Gasteiger partial charge >= 0.3 is 0 Å².